The van der Waals surface area contributed by atoms with Crippen LogP contribution >= 0.6 is 27.3 Å². The first-order valence-electron chi connectivity index (χ1n) is 5.24. The quantitative estimate of drug-likeness (QED) is 0.930. The van der Waals surface area contributed by atoms with Crippen LogP contribution in [0.2, 0.25) is 0 Å². The smallest absolute Gasteiger partial charge is 0.135 e. The molecule has 0 amide bonds. The van der Waals surface area contributed by atoms with Crippen molar-refractivity contribution < 1.29 is 9.84 Å². The van der Waals surface area contributed by atoms with E-state index >= 15 is 0 Å². The van der Waals surface area contributed by atoms with Crippen LogP contribution in [0.4, 0.5) is 0 Å². The van der Waals surface area contributed by atoms with Gasteiger partial charge in [0.05, 0.1) is 18.1 Å². The molecule has 1 atom stereocenters. The van der Waals surface area contributed by atoms with Gasteiger partial charge in [-0.15, -0.1) is 11.3 Å². The summed E-state index contributed by atoms with van der Waals surface area (Å²) in [6, 6.07) is 9.85. The third-order valence-corrected chi connectivity index (χ3v) is 3.99. The van der Waals surface area contributed by atoms with E-state index in [0.717, 1.165) is 20.7 Å². The lowest BCUT2D eigenvalue weighted by Gasteiger charge is -2.11. The van der Waals surface area contributed by atoms with Crippen molar-refractivity contribution in [3.63, 3.8) is 0 Å². The molecule has 0 radical (unpaired) electrons. The van der Waals surface area contributed by atoms with E-state index in [4.69, 9.17) is 4.74 Å². The second-order valence-corrected chi connectivity index (χ2v) is 5.57. The molecule has 0 aliphatic carbocycles. The maximum absolute atomic E-state index is 10.2. The standard InChI is InChI=1S/C13H13BrO2S/c1-16-12-5-6-17-13(12)11(15)8-9-3-2-4-10(14)7-9/h2-7,11,15H,8H2,1H3. The summed E-state index contributed by atoms with van der Waals surface area (Å²) < 4.78 is 6.24. The highest BCUT2D eigenvalue weighted by atomic mass is 79.9. The normalized spacial score (nSPS) is 12.4. The van der Waals surface area contributed by atoms with E-state index in [-0.39, 0.29) is 0 Å². The van der Waals surface area contributed by atoms with Crippen LogP contribution < -0.4 is 4.74 Å². The fourth-order valence-electron chi connectivity index (χ4n) is 1.70. The largest absolute Gasteiger partial charge is 0.495 e. The average molecular weight is 313 g/mol. The zero-order valence-corrected chi connectivity index (χ0v) is 11.8. The number of benzene rings is 1. The molecule has 2 aromatic rings. The highest BCUT2D eigenvalue weighted by Gasteiger charge is 2.15. The number of halogens is 1. The van der Waals surface area contributed by atoms with Crippen LogP contribution in [0.3, 0.4) is 0 Å². The van der Waals surface area contributed by atoms with Gasteiger partial charge in [-0.05, 0) is 29.1 Å². The molecular weight excluding hydrogens is 300 g/mol. The molecule has 90 valence electrons. The topological polar surface area (TPSA) is 29.5 Å². The first kappa shape index (κ1) is 12.6. The van der Waals surface area contributed by atoms with Gasteiger partial charge in [0.15, 0.2) is 0 Å². The molecule has 2 nitrogen and oxygen atoms in total. The minimum atomic E-state index is -0.515. The molecule has 1 unspecified atom stereocenters. The van der Waals surface area contributed by atoms with Crippen molar-refractivity contribution in [2.75, 3.05) is 7.11 Å². The van der Waals surface area contributed by atoms with Gasteiger partial charge in [-0.1, -0.05) is 28.1 Å². The van der Waals surface area contributed by atoms with Crippen molar-refractivity contribution in [3.05, 3.63) is 50.6 Å². The van der Waals surface area contributed by atoms with Crippen LogP contribution in [0, 0.1) is 0 Å². The summed E-state index contributed by atoms with van der Waals surface area (Å²) in [4.78, 5) is 0.882. The minimum absolute atomic E-state index is 0.515. The van der Waals surface area contributed by atoms with Gasteiger partial charge in [-0.3, -0.25) is 0 Å². The minimum Gasteiger partial charge on any atom is -0.495 e. The molecule has 0 saturated carbocycles. The summed E-state index contributed by atoms with van der Waals surface area (Å²) in [5.41, 5.74) is 1.10. The maximum atomic E-state index is 10.2. The zero-order chi connectivity index (χ0) is 12.3. The third-order valence-electron chi connectivity index (χ3n) is 2.50. The number of hydrogen-bond donors (Lipinski definition) is 1. The second-order valence-electron chi connectivity index (χ2n) is 3.70. The van der Waals surface area contributed by atoms with E-state index in [0.29, 0.717) is 6.42 Å². The molecule has 4 heteroatoms. The molecule has 2 rings (SSSR count). The Hall–Kier alpha value is -0.840. The number of hydrogen-bond acceptors (Lipinski definition) is 3. The van der Waals surface area contributed by atoms with Crippen molar-refractivity contribution in [2.45, 2.75) is 12.5 Å². The highest BCUT2D eigenvalue weighted by Crippen LogP contribution is 2.32. The van der Waals surface area contributed by atoms with Crippen LogP contribution in [0.25, 0.3) is 0 Å². The van der Waals surface area contributed by atoms with E-state index in [1.807, 2.05) is 35.7 Å². The molecule has 17 heavy (non-hydrogen) atoms. The Kier molecular flexibility index (Phi) is 4.20. The summed E-state index contributed by atoms with van der Waals surface area (Å²) >= 11 is 4.94. The number of ether oxygens (including phenoxy) is 1. The Morgan fingerprint density at radius 2 is 2.24 bits per heavy atom. The number of methoxy groups -OCH3 is 1. The van der Waals surface area contributed by atoms with E-state index in [2.05, 4.69) is 15.9 Å². The van der Waals surface area contributed by atoms with E-state index in [1.165, 1.54) is 11.3 Å². The SMILES string of the molecule is COc1ccsc1C(O)Cc1cccc(Br)c1. The predicted molar refractivity (Wildman–Crippen MR) is 73.7 cm³/mol. The molecule has 1 N–H and O–H groups in total. The van der Waals surface area contributed by atoms with E-state index in [1.54, 1.807) is 7.11 Å². The molecule has 1 heterocycles. The highest BCUT2D eigenvalue weighted by molar-refractivity contribution is 9.10. The number of aliphatic hydroxyl groups excluding tert-OH is 1. The van der Waals surface area contributed by atoms with Crippen LogP contribution in [-0.2, 0) is 6.42 Å². The van der Waals surface area contributed by atoms with Gasteiger partial charge in [-0.25, -0.2) is 0 Å². The third kappa shape index (κ3) is 3.09. The van der Waals surface area contributed by atoms with Crippen molar-refractivity contribution in [2.24, 2.45) is 0 Å². The van der Waals surface area contributed by atoms with Crippen molar-refractivity contribution >= 4 is 27.3 Å². The Morgan fingerprint density at radius 3 is 2.94 bits per heavy atom. The van der Waals surface area contributed by atoms with Crippen molar-refractivity contribution in [3.8, 4) is 5.75 Å². The Labute approximate surface area is 113 Å². The van der Waals surface area contributed by atoms with Gasteiger partial charge in [-0.2, -0.15) is 0 Å². The summed E-state index contributed by atoms with van der Waals surface area (Å²) in [6.45, 7) is 0. The van der Waals surface area contributed by atoms with E-state index < -0.39 is 6.10 Å². The van der Waals surface area contributed by atoms with Gasteiger partial charge in [0.1, 0.15) is 5.75 Å². The maximum Gasteiger partial charge on any atom is 0.135 e. The lowest BCUT2D eigenvalue weighted by molar-refractivity contribution is 0.178. The van der Waals surface area contributed by atoms with Gasteiger partial charge < -0.3 is 9.84 Å². The fourth-order valence-corrected chi connectivity index (χ4v) is 2.99. The first-order valence-corrected chi connectivity index (χ1v) is 6.92. The van der Waals surface area contributed by atoms with Gasteiger partial charge in [0, 0.05) is 10.9 Å². The molecule has 1 aromatic heterocycles. The van der Waals surface area contributed by atoms with Gasteiger partial charge in [0.25, 0.3) is 0 Å². The lowest BCUT2D eigenvalue weighted by atomic mass is 10.1. The molecule has 0 bridgehead atoms. The molecular formula is C13H13BrO2S. The fraction of sp³-hybridized carbons (Fsp3) is 0.231. The summed E-state index contributed by atoms with van der Waals surface area (Å²) in [5, 5.41) is 12.1. The Balaban J connectivity index is 2.14. The average Bonchev–Trinajstić information content (AvgIpc) is 2.77. The van der Waals surface area contributed by atoms with Gasteiger partial charge in [0.2, 0.25) is 0 Å². The van der Waals surface area contributed by atoms with Crippen LogP contribution in [0.1, 0.15) is 16.5 Å². The molecule has 0 saturated heterocycles. The lowest BCUT2D eigenvalue weighted by Crippen LogP contribution is -2.01. The van der Waals surface area contributed by atoms with Crippen LogP contribution in [-0.4, -0.2) is 12.2 Å². The number of rotatable bonds is 4. The molecule has 0 fully saturated rings. The first-order chi connectivity index (χ1) is 8.20. The monoisotopic (exact) mass is 312 g/mol. The number of aliphatic hydroxyl groups is 1. The molecule has 0 aliphatic heterocycles. The molecule has 0 spiro atoms. The summed E-state index contributed by atoms with van der Waals surface area (Å²) in [7, 11) is 1.62. The van der Waals surface area contributed by atoms with Crippen LogP contribution in [0.5, 0.6) is 5.75 Å². The van der Waals surface area contributed by atoms with Crippen LogP contribution in [0.15, 0.2) is 40.2 Å². The molecule has 1 aromatic carbocycles. The summed E-state index contributed by atoms with van der Waals surface area (Å²) in [6.07, 6.45) is 0.0790. The molecule has 0 aliphatic rings. The number of thiophene rings is 1. The second kappa shape index (κ2) is 5.67. The zero-order valence-electron chi connectivity index (χ0n) is 9.39. The van der Waals surface area contributed by atoms with Crippen molar-refractivity contribution in [1.29, 1.82) is 0 Å². The van der Waals surface area contributed by atoms with Gasteiger partial charge >= 0.3 is 0 Å². The van der Waals surface area contributed by atoms with E-state index in [9.17, 15) is 5.11 Å². The Morgan fingerprint density at radius 1 is 1.41 bits per heavy atom. The predicted octanol–water partition coefficient (Wildman–Crippen LogP) is 3.80. The Bertz CT molecular complexity index is 496. The van der Waals surface area contributed by atoms with Crippen molar-refractivity contribution in [1.82, 2.24) is 0 Å². The summed E-state index contributed by atoms with van der Waals surface area (Å²) in [5.74, 6) is 0.762.